The van der Waals surface area contributed by atoms with Crippen LogP contribution in [0.2, 0.25) is 0 Å². The number of aromatic hydroxyl groups is 1. The van der Waals surface area contributed by atoms with Crippen molar-refractivity contribution < 1.29 is 5.11 Å². The summed E-state index contributed by atoms with van der Waals surface area (Å²) in [5, 5.41) is 18.4. The number of piperazine rings is 1. The van der Waals surface area contributed by atoms with E-state index in [-0.39, 0.29) is 24.0 Å². The quantitative estimate of drug-likeness (QED) is 0.283. The first-order valence-electron chi connectivity index (χ1n) is 11.1. The fourth-order valence-electron chi connectivity index (χ4n) is 4.29. The van der Waals surface area contributed by atoms with Gasteiger partial charge in [0, 0.05) is 51.0 Å². The maximum absolute atomic E-state index is 10.1. The number of rotatable bonds is 5. The predicted molar refractivity (Wildman–Crippen MR) is 145 cm³/mol. The average molecular weight is 560 g/mol. The molecule has 1 aliphatic heterocycles. The molecule has 7 nitrogen and oxygen atoms in total. The van der Waals surface area contributed by atoms with Crippen LogP contribution in [0.25, 0.3) is 0 Å². The monoisotopic (exact) mass is 560 g/mol. The highest BCUT2D eigenvalue weighted by molar-refractivity contribution is 14.0. The van der Waals surface area contributed by atoms with Gasteiger partial charge in [-0.15, -0.1) is 24.0 Å². The number of hydrogen-bond acceptors (Lipinski definition) is 4. The zero-order valence-corrected chi connectivity index (χ0v) is 21.9. The van der Waals surface area contributed by atoms with Crippen molar-refractivity contribution in [2.45, 2.75) is 26.9 Å². The van der Waals surface area contributed by atoms with Crippen LogP contribution in [0.5, 0.6) is 5.75 Å². The summed E-state index contributed by atoms with van der Waals surface area (Å²) in [6.07, 6.45) is 0. The topological polar surface area (TPSA) is 68.9 Å². The van der Waals surface area contributed by atoms with Gasteiger partial charge in [0.1, 0.15) is 5.75 Å². The fourth-order valence-corrected chi connectivity index (χ4v) is 4.29. The Bertz CT molecular complexity index is 1070. The number of guanidine groups is 1. The number of phenolic OH excluding ortho intramolecular Hbond substituents is 1. The molecule has 2 aromatic carbocycles. The maximum Gasteiger partial charge on any atom is 0.194 e. The fraction of sp³-hybridized carbons (Fsp3) is 0.360. The van der Waals surface area contributed by atoms with Gasteiger partial charge in [-0.1, -0.05) is 42.5 Å². The number of aryl methyl sites for hydroxylation is 1. The Labute approximate surface area is 213 Å². The zero-order valence-electron chi connectivity index (χ0n) is 19.5. The molecule has 1 fully saturated rings. The van der Waals surface area contributed by atoms with Crippen LogP contribution in [0.1, 0.15) is 22.5 Å². The molecule has 4 rings (SSSR count). The van der Waals surface area contributed by atoms with Crippen LogP contribution in [0.4, 0.5) is 5.69 Å². The van der Waals surface area contributed by atoms with Crippen LogP contribution < -0.4 is 10.2 Å². The van der Waals surface area contributed by atoms with Gasteiger partial charge in [0.25, 0.3) is 0 Å². The minimum atomic E-state index is 0. The summed E-state index contributed by atoms with van der Waals surface area (Å²) < 4.78 is 2.08. The highest BCUT2D eigenvalue weighted by atomic mass is 127. The number of aliphatic imine (C=N–C) groups is 1. The zero-order chi connectivity index (χ0) is 22.5. The van der Waals surface area contributed by atoms with Gasteiger partial charge in [-0.25, -0.2) is 0 Å². The standard InChI is InChI=1S/C25H32N6O.HI/c1-19-22(20(2)31(28-19)18-21-9-5-4-6-10-21)17-27-25(26-3)30-15-13-29(14-16-30)23-11-7-8-12-24(23)32;/h4-12,32H,13-18H2,1-3H3,(H,26,27);1H. The summed E-state index contributed by atoms with van der Waals surface area (Å²) in [4.78, 5) is 9.01. The molecular formula is C25H33IN6O. The number of para-hydroxylation sites is 2. The minimum absolute atomic E-state index is 0. The number of nitrogens with zero attached hydrogens (tertiary/aromatic N) is 5. The highest BCUT2D eigenvalue weighted by Crippen LogP contribution is 2.27. The molecule has 1 aromatic heterocycles. The van der Waals surface area contributed by atoms with Crippen LogP contribution in [0.3, 0.4) is 0 Å². The van der Waals surface area contributed by atoms with Gasteiger partial charge in [0.15, 0.2) is 5.96 Å². The summed E-state index contributed by atoms with van der Waals surface area (Å²) in [6, 6.07) is 17.9. The molecule has 1 aliphatic rings. The van der Waals surface area contributed by atoms with E-state index in [0.717, 1.165) is 50.1 Å². The van der Waals surface area contributed by atoms with Crippen molar-refractivity contribution in [1.29, 1.82) is 0 Å². The van der Waals surface area contributed by atoms with Crippen molar-refractivity contribution >= 4 is 35.6 Å². The molecule has 0 unspecified atom stereocenters. The van der Waals surface area contributed by atoms with Crippen LogP contribution in [0, 0.1) is 13.8 Å². The molecule has 0 amide bonds. The van der Waals surface area contributed by atoms with E-state index in [2.05, 4.69) is 62.9 Å². The molecule has 1 saturated heterocycles. The van der Waals surface area contributed by atoms with E-state index in [4.69, 9.17) is 5.10 Å². The lowest BCUT2D eigenvalue weighted by Crippen LogP contribution is -2.52. The maximum atomic E-state index is 10.1. The number of anilines is 1. The molecule has 0 atom stereocenters. The molecule has 2 heterocycles. The van der Waals surface area contributed by atoms with Crippen LogP contribution in [-0.4, -0.2) is 59.0 Å². The van der Waals surface area contributed by atoms with Gasteiger partial charge in [-0.05, 0) is 31.5 Å². The Kier molecular flexibility index (Phi) is 8.60. The number of aromatic nitrogens is 2. The van der Waals surface area contributed by atoms with E-state index in [1.54, 1.807) is 6.07 Å². The molecule has 33 heavy (non-hydrogen) atoms. The van der Waals surface area contributed by atoms with Crippen LogP contribution in [0.15, 0.2) is 59.6 Å². The lowest BCUT2D eigenvalue weighted by Gasteiger charge is -2.37. The Hall–Kier alpha value is -2.75. The Morgan fingerprint density at radius 1 is 1.00 bits per heavy atom. The summed E-state index contributed by atoms with van der Waals surface area (Å²) >= 11 is 0. The first kappa shape index (κ1) is 24.9. The van der Waals surface area contributed by atoms with Crippen molar-refractivity contribution in [3.05, 3.63) is 77.1 Å². The molecule has 0 aliphatic carbocycles. The lowest BCUT2D eigenvalue weighted by atomic mass is 10.2. The Morgan fingerprint density at radius 2 is 1.67 bits per heavy atom. The van der Waals surface area contributed by atoms with Crippen molar-refractivity contribution in [3.63, 3.8) is 0 Å². The van der Waals surface area contributed by atoms with Gasteiger partial charge in [-0.2, -0.15) is 5.10 Å². The Morgan fingerprint density at radius 3 is 2.33 bits per heavy atom. The predicted octanol–water partition coefficient (Wildman–Crippen LogP) is 3.77. The van der Waals surface area contributed by atoms with E-state index in [1.165, 1.54) is 16.8 Å². The molecule has 176 valence electrons. The van der Waals surface area contributed by atoms with Gasteiger partial charge in [0.2, 0.25) is 0 Å². The van der Waals surface area contributed by atoms with E-state index in [9.17, 15) is 5.11 Å². The summed E-state index contributed by atoms with van der Waals surface area (Å²) in [6.45, 7) is 9.04. The third-order valence-electron chi connectivity index (χ3n) is 6.14. The largest absolute Gasteiger partial charge is 0.506 e. The van der Waals surface area contributed by atoms with Crippen molar-refractivity contribution in [1.82, 2.24) is 20.0 Å². The van der Waals surface area contributed by atoms with E-state index in [0.29, 0.717) is 12.3 Å². The Balaban J connectivity index is 0.00000306. The normalized spacial score (nSPS) is 14.2. The SMILES string of the molecule is CN=C(NCc1c(C)nn(Cc2ccccc2)c1C)N1CCN(c2ccccc2O)CC1.I. The average Bonchev–Trinajstić information content (AvgIpc) is 3.08. The molecule has 0 saturated carbocycles. The number of halogens is 1. The molecule has 0 bridgehead atoms. The molecule has 0 radical (unpaired) electrons. The molecule has 8 heteroatoms. The minimum Gasteiger partial charge on any atom is -0.506 e. The third kappa shape index (κ3) is 5.79. The highest BCUT2D eigenvalue weighted by Gasteiger charge is 2.22. The van der Waals surface area contributed by atoms with E-state index in [1.807, 2.05) is 31.3 Å². The molecular weight excluding hydrogens is 527 g/mol. The lowest BCUT2D eigenvalue weighted by molar-refractivity contribution is 0.369. The van der Waals surface area contributed by atoms with E-state index >= 15 is 0 Å². The third-order valence-corrected chi connectivity index (χ3v) is 6.14. The number of nitrogens with one attached hydrogen (secondary N) is 1. The van der Waals surface area contributed by atoms with Crippen LogP contribution >= 0.6 is 24.0 Å². The van der Waals surface area contributed by atoms with Gasteiger partial charge < -0.3 is 20.2 Å². The number of phenols is 1. The van der Waals surface area contributed by atoms with Crippen molar-refractivity contribution in [2.24, 2.45) is 4.99 Å². The second-order valence-electron chi connectivity index (χ2n) is 8.16. The van der Waals surface area contributed by atoms with Gasteiger partial charge >= 0.3 is 0 Å². The second kappa shape index (κ2) is 11.4. The first-order valence-corrected chi connectivity index (χ1v) is 11.1. The van der Waals surface area contributed by atoms with Gasteiger partial charge in [0.05, 0.1) is 17.9 Å². The smallest absolute Gasteiger partial charge is 0.194 e. The first-order chi connectivity index (χ1) is 15.6. The summed E-state index contributed by atoms with van der Waals surface area (Å²) in [7, 11) is 1.83. The van der Waals surface area contributed by atoms with Crippen molar-refractivity contribution in [3.8, 4) is 5.75 Å². The number of hydrogen-bond donors (Lipinski definition) is 2. The molecule has 0 spiro atoms. The van der Waals surface area contributed by atoms with Gasteiger partial charge in [-0.3, -0.25) is 9.67 Å². The molecule has 2 N–H and O–H groups in total. The van der Waals surface area contributed by atoms with Crippen molar-refractivity contribution in [2.75, 3.05) is 38.1 Å². The van der Waals surface area contributed by atoms with E-state index < -0.39 is 0 Å². The molecule has 3 aromatic rings. The second-order valence-corrected chi connectivity index (χ2v) is 8.16. The summed E-state index contributed by atoms with van der Waals surface area (Å²) in [5.74, 6) is 1.23. The summed E-state index contributed by atoms with van der Waals surface area (Å²) in [5.41, 5.74) is 5.59. The number of benzene rings is 2. The van der Waals surface area contributed by atoms with Crippen LogP contribution in [-0.2, 0) is 13.1 Å².